The Morgan fingerprint density at radius 1 is 0.850 bits per heavy atom. The quantitative estimate of drug-likeness (QED) is 0.584. The van der Waals surface area contributed by atoms with Crippen LogP contribution in [0.15, 0.2) is 0 Å². The normalized spacial score (nSPS) is 44.9. The summed E-state index contributed by atoms with van der Waals surface area (Å²) in [6, 6.07) is 0. The van der Waals surface area contributed by atoms with Crippen molar-refractivity contribution < 1.29 is 4.74 Å². The average molecular weight is 343 g/mol. The molecule has 0 radical (unpaired) electrons. The summed E-state index contributed by atoms with van der Waals surface area (Å²) in [4.78, 5) is 0.719. The molecule has 0 aromatic heterocycles. The maximum atomic E-state index is 6.66. The zero-order valence-corrected chi connectivity index (χ0v) is 14.8. The average Bonchev–Trinajstić information content (AvgIpc) is 2.65. The van der Waals surface area contributed by atoms with E-state index in [4.69, 9.17) is 4.74 Å². The lowest BCUT2D eigenvalue weighted by Gasteiger charge is -2.55. The zero-order chi connectivity index (χ0) is 14.2. The minimum absolute atomic E-state index is 0.487. The van der Waals surface area contributed by atoms with Crippen LogP contribution in [0, 0.1) is 17.3 Å². The van der Waals surface area contributed by atoms with Gasteiger partial charge in [0, 0.05) is 10.2 Å². The second kappa shape index (κ2) is 6.28. The third-order valence-corrected chi connectivity index (χ3v) is 7.50. The lowest BCUT2D eigenvalue weighted by molar-refractivity contribution is -0.156. The summed E-state index contributed by atoms with van der Waals surface area (Å²) in [5.41, 5.74) is 0.487. The summed E-state index contributed by atoms with van der Waals surface area (Å²) in [5.74, 6) is 1.71. The van der Waals surface area contributed by atoms with E-state index in [0.29, 0.717) is 17.6 Å². The van der Waals surface area contributed by atoms with Gasteiger partial charge in [-0.25, -0.2) is 0 Å². The van der Waals surface area contributed by atoms with Crippen LogP contribution in [0.3, 0.4) is 0 Å². The summed E-state index contributed by atoms with van der Waals surface area (Å²) < 4.78 is 6.66. The molecule has 20 heavy (non-hydrogen) atoms. The third-order valence-electron chi connectivity index (χ3n) is 6.21. The maximum absolute atomic E-state index is 6.66. The summed E-state index contributed by atoms with van der Waals surface area (Å²) in [5, 5.41) is 0. The molecule has 0 aromatic carbocycles. The SMILES string of the molecule is CC1CC(C)CC(OC2CC(Br)C23CCCCCC3)C1. The van der Waals surface area contributed by atoms with Crippen LogP contribution >= 0.6 is 15.9 Å². The van der Waals surface area contributed by atoms with Gasteiger partial charge in [0.15, 0.2) is 0 Å². The molecule has 0 aliphatic heterocycles. The van der Waals surface area contributed by atoms with Gasteiger partial charge in [-0.05, 0) is 50.4 Å². The molecule has 2 heteroatoms. The Balaban J connectivity index is 1.62. The first-order chi connectivity index (χ1) is 9.60. The Bertz CT molecular complexity index is 311. The van der Waals surface area contributed by atoms with Gasteiger partial charge in [-0.1, -0.05) is 55.5 Å². The molecule has 3 rings (SSSR count). The second-order valence-corrected chi connectivity index (χ2v) is 9.12. The molecule has 0 N–H and O–H groups in total. The first kappa shape index (κ1) is 15.3. The largest absolute Gasteiger partial charge is 0.374 e. The summed E-state index contributed by atoms with van der Waals surface area (Å²) in [6.07, 6.45) is 14.8. The Morgan fingerprint density at radius 3 is 2.00 bits per heavy atom. The fourth-order valence-electron chi connectivity index (χ4n) is 5.13. The van der Waals surface area contributed by atoms with E-state index in [0.717, 1.165) is 16.7 Å². The van der Waals surface area contributed by atoms with Crippen LogP contribution in [-0.4, -0.2) is 17.0 Å². The lowest BCUT2D eigenvalue weighted by Crippen LogP contribution is -2.56. The molecule has 4 atom stereocenters. The van der Waals surface area contributed by atoms with Crippen LogP contribution in [-0.2, 0) is 4.74 Å². The van der Waals surface area contributed by atoms with Crippen LogP contribution in [0.2, 0.25) is 0 Å². The number of rotatable bonds is 2. The minimum Gasteiger partial charge on any atom is -0.374 e. The van der Waals surface area contributed by atoms with Gasteiger partial charge < -0.3 is 4.74 Å². The van der Waals surface area contributed by atoms with E-state index >= 15 is 0 Å². The Morgan fingerprint density at radius 2 is 1.45 bits per heavy atom. The topological polar surface area (TPSA) is 9.23 Å². The van der Waals surface area contributed by atoms with Crippen molar-refractivity contribution in [1.29, 1.82) is 0 Å². The molecule has 0 amide bonds. The first-order valence-corrected chi connectivity index (χ1v) is 9.81. The van der Waals surface area contributed by atoms with Gasteiger partial charge in [-0.2, -0.15) is 0 Å². The first-order valence-electron chi connectivity index (χ1n) is 8.89. The van der Waals surface area contributed by atoms with Gasteiger partial charge in [0.05, 0.1) is 12.2 Å². The van der Waals surface area contributed by atoms with Crippen molar-refractivity contribution in [3.05, 3.63) is 0 Å². The number of alkyl halides is 1. The molecule has 0 heterocycles. The monoisotopic (exact) mass is 342 g/mol. The van der Waals surface area contributed by atoms with E-state index in [1.165, 1.54) is 64.2 Å². The minimum atomic E-state index is 0.487. The van der Waals surface area contributed by atoms with Gasteiger partial charge in [-0.15, -0.1) is 0 Å². The van der Waals surface area contributed by atoms with E-state index in [2.05, 4.69) is 29.8 Å². The van der Waals surface area contributed by atoms with E-state index in [1.807, 2.05) is 0 Å². The molecule has 0 aromatic rings. The maximum Gasteiger partial charge on any atom is 0.0656 e. The molecule has 3 saturated carbocycles. The molecule has 3 aliphatic rings. The van der Waals surface area contributed by atoms with Gasteiger partial charge in [0.2, 0.25) is 0 Å². The van der Waals surface area contributed by atoms with Crippen molar-refractivity contribution in [2.45, 2.75) is 95.1 Å². The number of ether oxygens (including phenoxy) is 1. The van der Waals surface area contributed by atoms with Crippen molar-refractivity contribution in [3.8, 4) is 0 Å². The van der Waals surface area contributed by atoms with Crippen molar-refractivity contribution in [1.82, 2.24) is 0 Å². The van der Waals surface area contributed by atoms with Gasteiger partial charge in [0.1, 0.15) is 0 Å². The third kappa shape index (κ3) is 2.97. The standard InChI is InChI=1S/C18H31BrO/c1-13-9-14(2)11-15(10-13)20-17-12-16(19)18(17)7-5-3-4-6-8-18/h13-17H,3-12H2,1-2H3. The molecule has 0 bridgehead atoms. The molecule has 1 nitrogen and oxygen atoms in total. The zero-order valence-electron chi connectivity index (χ0n) is 13.2. The molecular weight excluding hydrogens is 312 g/mol. The Labute approximate surface area is 133 Å². The van der Waals surface area contributed by atoms with Crippen LogP contribution in [0.4, 0.5) is 0 Å². The highest BCUT2D eigenvalue weighted by molar-refractivity contribution is 9.09. The molecule has 3 fully saturated rings. The Hall–Kier alpha value is 0.440. The Kier molecular flexibility index (Phi) is 4.82. The van der Waals surface area contributed by atoms with Gasteiger partial charge >= 0.3 is 0 Å². The molecular formula is C18H31BrO. The van der Waals surface area contributed by atoms with Crippen LogP contribution in [0.5, 0.6) is 0 Å². The van der Waals surface area contributed by atoms with Crippen molar-refractivity contribution in [2.24, 2.45) is 17.3 Å². The molecule has 1 spiro atoms. The van der Waals surface area contributed by atoms with Crippen molar-refractivity contribution in [3.63, 3.8) is 0 Å². The fourth-order valence-corrected chi connectivity index (χ4v) is 6.22. The summed E-state index contributed by atoms with van der Waals surface area (Å²) in [6.45, 7) is 4.81. The number of hydrogen-bond acceptors (Lipinski definition) is 1. The highest BCUT2D eigenvalue weighted by Gasteiger charge is 2.54. The number of hydrogen-bond donors (Lipinski definition) is 0. The highest BCUT2D eigenvalue weighted by atomic mass is 79.9. The van der Waals surface area contributed by atoms with E-state index in [1.54, 1.807) is 0 Å². The molecule has 4 unspecified atom stereocenters. The van der Waals surface area contributed by atoms with Crippen molar-refractivity contribution >= 4 is 15.9 Å². The fraction of sp³-hybridized carbons (Fsp3) is 1.00. The molecule has 0 saturated heterocycles. The van der Waals surface area contributed by atoms with Gasteiger partial charge in [0.25, 0.3) is 0 Å². The van der Waals surface area contributed by atoms with Crippen LogP contribution in [0.25, 0.3) is 0 Å². The second-order valence-electron chi connectivity index (χ2n) is 8.01. The number of halogens is 1. The highest BCUT2D eigenvalue weighted by Crippen LogP contribution is 2.56. The van der Waals surface area contributed by atoms with E-state index in [-0.39, 0.29) is 0 Å². The van der Waals surface area contributed by atoms with Gasteiger partial charge in [-0.3, -0.25) is 0 Å². The summed E-state index contributed by atoms with van der Waals surface area (Å²) >= 11 is 3.96. The molecule has 116 valence electrons. The smallest absolute Gasteiger partial charge is 0.0656 e. The van der Waals surface area contributed by atoms with Crippen LogP contribution in [0.1, 0.15) is 78.1 Å². The predicted molar refractivity (Wildman–Crippen MR) is 88.3 cm³/mol. The van der Waals surface area contributed by atoms with Crippen LogP contribution < -0.4 is 0 Å². The van der Waals surface area contributed by atoms with Crippen molar-refractivity contribution in [2.75, 3.05) is 0 Å². The van der Waals surface area contributed by atoms with E-state index < -0.39 is 0 Å². The molecule has 3 aliphatic carbocycles. The summed E-state index contributed by atoms with van der Waals surface area (Å²) in [7, 11) is 0. The van der Waals surface area contributed by atoms with E-state index in [9.17, 15) is 0 Å². The lowest BCUT2D eigenvalue weighted by atomic mass is 9.61. The predicted octanol–water partition coefficient (Wildman–Crippen LogP) is 5.70.